The predicted octanol–water partition coefficient (Wildman–Crippen LogP) is 2.47. The Morgan fingerprint density at radius 3 is 2.70 bits per heavy atom. The summed E-state index contributed by atoms with van der Waals surface area (Å²) in [4.78, 5) is 17.0. The number of hydrogen-bond donors (Lipinski definition) is 1. The Morgan fingerprint density at radius 2 is 2.04 bits per heavy atom. The number of piperazine rings is 1. The molecule has 0 bridgehead atoms. The highest BCUT2D eigenvalue weighted by Gasteiger charge is 2.36. The molecular formula is C17H27N5O. The van der Waals surface area contributed by atoms with E-state index in [4.69, 9.17) is 0 Å². The third kappa shape index (κ3) is 3.47. The molecule has 2 aliphatic rings. The number of carbonyl (C=O) groups excluding carboxylic acids is 1. The van der Waals surface area contributed by atoms with Crippen LogP contribution in [0, 0.1) is 0 Å². The standard InChI is InChI=1S/C17H27N5O/c1-12-10-21-9-5-6-13(21)11-22(12)16(23)18-15-8-7-14(19-20-15)17(2,3)4/h7-8,12-13H,5-6,9-11H2,1-4H3,(H,18,20,23)/t12-,13+/m0/s1. The van der Waals surface area contributed by atoms with Gasteiger partial charge in [-0.05, 0) is 38.4 Å². The van der Waals surface area contributed by atoms with Crippen molar-refractivity contribution < 1.29 is 4.79 Å². The van der Waals surface area contributed by atoms with Crippen LogP contribution in [0.5, 0.6) is 0 Å². The molecule has 1 aromatic heterocycles. The van der Waals surface area contributed by atoms with Gasteiger partial charge >= 0.3 is 6.03 Å². The molecule has 1 N–H and O–H groups in total. The van der Waals surface area contributed by atoms with Crippen molar-refractivity contribution in [1.82, 2.24) is 20.0 Å². The molecule has 0 saturated carbocycles. The molecular weight excluding hydrogens is 290 g/mol. The van der Waals surface area contributed by atoms with E-state index < -0.39 is 0 Å². The van der Waals surface area contributed by atoms with Crippen molar-refractivity contribution in [2.75, 3.05) is 25.0 Å². The molecule has 2 amide bonds. The van der Waals surface area contributed by atoms with Gasteiger partial charge in [0.15, 0.2) is 5.82 Å². The van der Waals surface area contributed by atoms with Crippen LogP contribution < -0.4 is 5.32 Å². The van der Waals surface area contributed by atoms with Gasteiger partial charge in [-0.3, -0.25) is 10.2 Å². The average molecular weight is 317 g/mol. The number of rotatable bonds is 1. The van der Waals surface area contributed by atoms with Gasteiger partial charge in [-0.15, -0.1) is 5.10 Å². The van der Waals surface area contributed by atoms with Gasteiger partial charge in [0.25, 0.3) is 0 Å². The molecule has 0 aliphatic carbocycles. The number of urea groups is 1. The zero-order chi connectivity index (χ0) is 16.6. The molecule has 23 heavy (non-hydrogen) atoms. The summed E-state index contributed by atoms with van der Waals surface area (Å²) in [6.45, 7) is 11.3. The smallest absolute Gasteiger partial charge is 0.319 e. The monoisotopic (exact) mass is 317 g/mol. The van der Waals surface area contributed by atoms with Crippen molar-refractivity contribution in [3.05, 3.63) is 17.8 Å². The Kier molecular flexibility index (Phi) is 4.27. The molecule has 2 fully saturated rings. The molecule has 2 atom stereocenters. The van der Waals surface area contributed by atoms with Gasteiger partial charge in [-0.1, -0.05) is 20.8 Å². The minimum Gasteiger partial charge on any atom is -0.319 e. The molecule has 3 heterocycles. The molecule has 0 spiro atoms. The van der Waals surface area contributed by atoms with E-state index in [0.29, 0.717) is 11.9 Å². The number of nitrogens with zero attached hydrogens (tertiary/aromatic N) is 4. The van der Waals surface area contributed by atoms with Crippen molar-refractivity contribution in [2.24, 2.45) is 0 Å². The van der Waals surface area contributed by atoms with Crippen molar-refractivity contribution >= 4 is 11.8 Å². The molecule has 3 rings (SSSR count). The summed E-state index contributed by atoms with van der Waals surface area (Å²) in [5.41, 5.74) is 0.881. The first-order chi connectivity index (χ1) is 10.8. The summed E-state index contributed by atoms with van der Waals surface area (Å²) < 4.78 is 0. The van der Waals surface area contributed by atoms with Crippen LogP contribution >= 0.6 is 0 Å². The van der Waals surface area contributed by atoms with E-state index >= 15 is 0 Å². The Hall–Kier alpha value is -1.69. The highest BCUT2D eigenvalue weighted by molar-refractivity contribution is 5.88. The van der Waals surface area contributed by atoms with Gasteiger partial charge < -0.3 is 4.90 Å². The summed E-state index contributed by atoms with van der Waals surface area (Å²) in [6.07, 6.45) is 2.43. The third-order valence-electron chi connectivity index (χ3n) is 4.87. The van der Waals surface area contributed by atoms with E-state index in [1.165, 1.54) is 19.4 Å². The predicted molar refractivity (Wildman–Crippen MR) is 90.5 cm³/mol. The summed E-state index contributed by atoms with van der Waals surface area (Å²) >= 11 is 0. The zero-order valence-electron chi connectivity index (χ0n) is 14.5. The van der Waals surface area contributed by atoms with E-state index in [0.717, 1.165) is 18.8 Å². The first-order valence-corrected chi connectivity index (χ1v) is 8.50. The Labute approximate surface area is 138 Å². The SMILES string of the molecule is C[C@H]1CN2CCC[C@@H]2CN1C(=O)Nc1ccc(C(C)(C)C)nn1. The van der Waals surface area contributed by atoms with Crippen LogP contribution in [-0.4, -0.2) is 57.7 Å². The van der Waals surface area contributed by atoms with Gasteiger partial charge in [0, 0.05) is 30.6 Å². The lowest BCUT2D eigenvalue weighted by Crippen LogP contribution is -2.57. The second-order valence-corrected chi connectivity index (χ2v) is 7.78. The number of carbonyl (C=O) groups is 1. The molecule has 0 radical (unpaired) electrons. The molecule has 2 aliphatic heterocycles. The minimum absolute atomic E-state index is 0.0388. The number of hydrogen-bond acceptors (Lipinski definition) is 4. The third-order valence-corrected chi connectivity index (χ3v) is 4.87. The van der Waals surface area contributed by atoms with Gasteiger partial charge in [-0.2, -0.15) is 5.10 Å². The van der Waals surface area contributed by atoms with Crippen molar-refractivity contribution in [3.8, 4) is 0 Å². The maximum atomic E-state index is 12.6. The lowest BCUT2D eigenvalue weighted by molar-refractivity contribution is 0.0861. The van der Waals surface area contributed by atoms with E-state index in [9.17, 15) is 4.79 Å². The fourth-order valence-corrected chi connectivity index (χ4v) is 3.45. The number of fused-ring (bicyclic) bond motifs is 1. The van der Waals surface area contributed by atoms with Gasteiger partial charge in [0.1, 0.15) is 0 Å². The molecule has 0 unspecified atom stereocenters. The molecule has 0 aromatic carbocycles. The van der Waals surface area contributed by atoms with E-state index in [-0.39, 0.29) is 17.5 Å². The second-order valence-electron chi connectivity index (χ2n) is 7.78. The van der Waals surface area contributed by atoms with E-state index in [1.807, 2.05) is 17.0 Å². The highest BCUT2D eigenvalue weighted by Crippen LogP contribution is 2.25. The van der Waals surface area contributed by atoms with Crippen LogP contribution in [0.2, 0.25) is 0 Å². The maximum absolute atomic E-state index is 12.6. The summed E-state index contributed by atoms with van der Waals surface area (Å²) in [6, 6.07) is 4.45. The van der Waals surface area contributed by atoms with Crippen LogP contribution in [0.25, 0.3) is 0 Å². The van der Waals surface area contributed by atoms with Gasteiger partial charge in [-0.25, -0.2) is 4.79 Å². The van der Waals surface area contributed by atoms with E-state index in [2.05, 4.69) is 48.1 Å². The second kappa shape index (κ2) is 6.07. The molecule has 126 valence electrons. The lowest BCUT2D eigenvalue weighted by atomic mass is 9.92. The van der Waals surface area contributed by atoms with Crippen LogP contribution in [0.3, 0.4) is 0 Å². The molecule has 6 heteroatoms. The lowest BCUT2D eigenvalue weighted by Gasteiger charge is -2.42. The van der Waals surface area contributed by atoms with Crippen LogP contribution in [0.4, 0.5) is 10.6 Å². The van der Waals surface area contributed by atoms with Crippen LogP contribution in [0.15, 0.2) is 12.1 Å². The Bertz CT molecular complexity index is 565. The number of anilines is 1. The van der Waals surface area contributed by atoms with E-state index in [1.54, 1.807) is 0 Å². The first-order valence-electron chi connectivity index (χ1n) is 8.50. The molecule has 2 saturated heterocycles. The largest absolute Gasteiger partial charge is 0.323 e. The fourth-order valence-electron chi connectivity index (χ4n) is 3.45. The van der Waals surface area contributed by atoms with Gasteiger partial charge in [0.2, 0.25) is 0 Å². The Morgan fingerprint density at radius 1 is 1.26 bits per heavy atom. The van der Waals surface area contributed by atoms with Crippen molar-refractivity contribution in [3.63, 3.8) is 0 Å². The highest BCUT2D eigenvalue weighted by atomic mass is 16.2. The average Bonchev–Trinajstić information content (AvgIpc) is 2.93. The number of amides is 2. The van der Waals surface area contributed by atoms with Crippen molar-refractivity contribution in [1.29, 1.82) is 0 Å². The molecule has 1 aromatic rings. The normalized spacial score (nSPS) is 25.3. The first kappa shape index (κ1) is 16.2. The summed E-state index contributed by atoms with van der Waals surface area (Å²) in [7, 11) is 0. The number of aromatic nitrogens is 2. The summed E-state index contributed by atoms with van der Waals surface area (Å²) in [5, 5.41) is 11.3. The fraction of sp³-hybridized carbons (Fsp3) is 0.706. The minimum atomic E-state index is -0.0677. The molecule has 6 nitrogen and oxygen atoms in total. The Balaban J connectivity index is 1.64. The van der Waals surface area contributed by atoms with Crippen molar-refractivity contribution in [2.45, 2.75) is 58.0 Å². The van der Waals surface area contributed by atoms with Crippen LogP contribution in [-0.2, 0) is 5.41 Å². The number of nitrogens with one attached hydrogen (secondary N) is 1. The maximum Gasteiger partial charge on any atom is 0.323 e. The zero-order valence-corrected chi connectivity index (χ0v) is 14.5. The topological polar surface area (TPSA) is 61.4 Å². The van der Waals surface area contributed by atoms with Crippen LogP contribution in [0.1, 0.15) is 46.2 Å². The van der Waals surface area contributed by atoms with Gasteiger partial charge in [0.05, 0.1) is 5.69 Å². The summed E-state index contributed by atoms with van der Waals surface area (Å²) in [5.74, 6) is 0.518. The quantitative estimate of drug-likeness (QED) is 0.864.